The van der Waals surface area contributed by atoms with Crippen molar-refractivity contribution in [2.75, 3.05) is 0 Å². The van der Waals surface area contributed by atoms with Crippen molar-refractivity contribution in [2.24, 2.45) is 11.8 Å². The van der Waals surface area contributed by atoms with Crippen molar-refractivity contribution in [3.63, 3.8) is 0 Å². The standard InChI is InChI=1S/C14H17F2NO2/c1-9(13(18)19)11-2-5-14(15,16)12(8-11)10-3-6-17-7-4-10/h3-4,6-7,9,11-12H,2,5,8H2,1H3,(H,18,19)/t9?,11?,12-/m1/s1. The molecule has 3 atom stereocenters. The molecule has 0 spiro atoms. The first-order valence-corrected chi connectivity index (χ1v) is 6.42. The Morgan fingerprint density at radius 3 is 2.68 bits per heavy atom. The van der Waals surface area contributed by atoms with Crippen molar-refractivity contribution in [1.82, 2.24) is 4.98 Å². The lowest BCUT2D eigenvalue weighted by Gasteiger charge is -2.37. The number of nitrogens with zero attached hydrogens (tertiary/aromatic N) is 1. The van der Waals surface area contributed by atoms with Crippen LogP contribution in [-0.4, -0.2) is 22.0 Å². The van der Waals surface area contributed by atoms with E-state index in [1.807, 2.05) is 0 Å². The number of carboxylic acid groups (broad SMARTS) is 1. The third kappa shape index (κ3) is 2.91. The molecule has 3 nitrogen and oxygen atoms in total. The van der Waals surface area contributed by atoms with Crippen molar-refractivity contribution in [1.29, 1.82) is 0 Å². The number of alkyl halides is 2. The fourth-order valence-electron chi connectivity index (χ4n) is 2.78. The van der Waals surface area contributed by atoms with Crippen LogP contribution in [0.1, 0.15) is 37.7 Å². The lowest BCUT2D eigenvalue weighted by molar-refractivity contribution is -0.145. The molecule has 1 heterocycles. The highest BCUT2D eigenvalue weighted by atomic mass is 19.3. The summed E-state index contributed by atoms with van der Waals surface area (Å²) in [6, 6.07) is 3.18. The van der Waals surface area contributed by atoms with Gasteiger partial charge in [-0.05, 0) is 36.5 Å². The van der Waals surface area contributed by atoms with E-state index in [-0.39, 0.29) is 25.2 Å². The van der Waals surface area contributed by atoms with Crippen molar-refractivity contribution < 1.29 is 18.7 Å². The van der Waals surface area contributed by atoms with Gasteiger partial charge in [-0.25, -0.2) is 8.78 Å². The van der Waals surface area contributed by atoms with Crippen molar-refractivity contribution >= 4 is 5.97 Å². The molecule has 1 N–H and O–H groups in total. The highest BCUT2D eigenvalue weighted by molar-refractivity contribution is 5.69. The van der Waals surface area contributed by atoms with Gasteiger partial charge in [0.25, 0.3) is 5.92 Å². The maximum Gasteiger partial charge on any atom is 0.306 e. The number of halogens is 2. The molecule has 1 saturated carbocycles. The number of carboxylic acids is 1. The molecule has 0 aromatic carbocycles. The summed E-state index contributed by atoms with van der Waals surface area (Å²) in [5.41, 5.74) is 0.544. The molecule has 2 rings (SSSR count). The van der Waals surface area contributed by atoms with E-state index in [4.69, 9.17) is 5.11 Å². The second-order valence-corrected chi connectivity index (χ2v) is 5.26. The molecule has 0 amide bonds. The zero-order valence-electron chi connectivity index (χ0n) is 10.7. The van der Waals surface area contributed by atoms with E-state index in [1.165, 1.54) is 12.4 Å². The fourth-order valence-corrected chi connectivity index (χ4v) is 2.78. The van der Waals surface area contributed by atoms with Gasteiger partial charge in [0.1, 0.15) is 0 Å². The zero-order valence-corrected chi connectivity index (χ0v) is 10.7. The third-order valence-electron chi connectivity index (χ3n) is 4.10. The molecule has 1 aliphatic rings. The van der Waals surface area contributed by atoms with Gasteiger partial charge in [0.05, 0.1) is 5.92 Å². The van der Waals surface area contributed by atoms with Crippen LogP contribution in [0.3, 0.4) is 0 Å². The molecule has 1 aromatic rings. The van der Waals surface area contributed by atoms with Gasteiger partial charge in [0, 0.05) is 24.7 Å². The number of hydrogen-bond acceptors (Lipinski definition) is 2. The second-order valence-electron chi connectivity index (χ2n) is 5.26. The van der Waals surface area contributed by atoms with Crippen LogP contribution >= 0.6 is 0 Å². The van der Waals surface area contributed by atoms with Crippen LogP contribution in [0.2, 0.25) is 0 Å². The summed E-state index contributed by atoms with van der Waals surface area (Å²) in [5.74, 6) is -5.37. The highest BCUT2D eigenvalue weighted by Crippen LogP contribution is 2.48. The minimum Gasteiger partial charge on any atom is -0.481 e. The lowest BCUT2D eigenvalue weighted by Crippen LogP contribution is -2.37. The maximum absolute atomic E-state index is 14.0. The average molecular weight is 269 g/mol. The van der Waals surface area contributed by atoms with Gasteiger partial charge in [-0.3, -0.25) is 9.78 Å². The number of aromatic nitrogens is 1. The molecule has 0 saturated heterocycles. The molecule has 5 heteroatoms. The van der Waals surface area contributed by atoms with Crippen LogP contribution < -0.4 is 0 Å². The van der Waals surface area contributed by atoms with Crippen LogP contribution in [0.5, 0.6) is 0 Å². The van der Waals surface area contributed by atoms with Crippen molar-refractivity contribution in [2.45, 2.75) is 38.0 Å². The first-order chi connectivity index (χ1) is 8.92. The third-order valence-corrected chi connectivity index (χ3v) is 4.10. The zero-order chi connectivity index (χ0) is 14.0. The topological polar surface area (TPSA) is 50.2 Å². The number of pyridine rings is 1. The van der Waals surface area contributed by atoms with E-state index in [1.54, 1.807) is 19.1 Å². The quantitative estimate of drug-likeness (QED) is 0.915. The molecular weight excluding hydrogens is 252 g/mol. The van der Waals surface area contributed by atoms with Crippen molar-refractivity contribution in [3.05, 3.63) is 30.1 Å². The molecular formula is C14H17F2NO2. The molecule has 2 unspecified atom stereocenters. The number of hydrogen-bond donors (Lipinski definition) is 1. The van der Waals surface area contributed by atoms with E-state index in [0.29, 0.717) is 5.56 Å². The SMILES string of the molecule is CC(C(=O)O)C1CCC(F)(F)[C@@H](c2ccncc2)C1. The summed E-state index contributed by atoms with van der Waals surface area (Å²) >= 11 is 0. The van der Waals surface area contributed by atoms with Gasteiger partial charge in [0.15, 0.2) is 0 Å². The molecule has 104 valence electrons. The predicted molar refractivity (Wildman–Crippen MR) is 66.1 cm³/mol. The molecule has 1 aromatic heterocycles. The van der Waals surface area contributed by atoms with Gasteiger partial charge in [-0.15, -0.1) is 0 Å². The summed E-state index contributed by atoms with van der Waals surface area (Å²) in [7, 11) is 0. The highest BCUT2D eigenvalue weighted by Gasteiger charge is 2.47. The first kappa shape index (κ1) is 13.9. The van der Waals surface area contributed by atoms with Gasteiger partial charge < -0.3 is 5.11 Å². The minimum absolute atomic E-state index is 0.199. The summed E-state index contributed by atoms with van der Waals surface area (Å²) in [6.45, 7) is 1.60. The van der Waals surface area contributed by atoms with E-state index in [2.05, 4.69) is 4.98 Å². The number of carbonyl (C=O) groups is 1. The van der Waals surface area contributed by atoms with Crippen molar-refractivity contribution in [3.8, 4) is 0 Å². The van der Waals surface area contributed by atoms with E-state index < -0.39 is 23.7 Å². The van der Waals surface area contributed by atoms with Crippen LogP contribution in [0.25, 0.3) is 0 Å². The Morgan fingerprint density at radius 1 is 1.47 bits per heavy atom. The average Bonchev–Trinajstić information content (AvgIpc) is 2.38. The largest absolute Gasteiger partial charge is 0.481 e. The normalized spacial score (nSPS) is 27.7. The van der Waals surface area contributed by atoms with E-state index >= 15 is 0 Å². The predicted octanol–water partition coefficient (Wildman–Crippen LogP) is 3.32. The van der Waals surface area contributed by atoms with E-state index in [9.17, 15) is 13.6 Å². The minimum atomic E-state index is -2.77. The molecule has 1 aliphatic carbocycles. The molecule has 0 radical (unpaired) electrons. The lowest BCUT2D eigenvalue weighted by atomic mass is 9.71. The van der Waals surface area contributed by atoms with Crippen LogP contribution in [0.15, 0.2) is 24.5 Å². The Labute approximate surface area is 110 Å². The second kappa shape index (κ2) is 5.23. The van der Waals surface area contributed by atoms with Gasteiger partial charge >= 0.3 is 5.97 Å². The molecule has 0 bridgehead atoms. The van der Waals surface area contributed by atoms with Crippen LogP contribution in [0, 0.1) is 11.8 Å². The fraction of sp³-hybridized carbons (Fsp3) is 0.571. The molecule has 1 fully saturated rings. The summed E-state index contributed by atoms with van der Waals surface area (Å²) < 4.78 is 28.0. The number of rotatable bonds is 3. The molecule has 19 heavy (non-hydrogen) atoms. The Morgan fingerprint density at radius 2 is 2.11 bits per heavy atom. The maximum atomic E-state index is 14.0. The summed E-state index contributed by atoms with van der Waals surface area (Å²) in [5, 5.41) is 9.02. The first-order valence-electron chi connectivity index (χ1n) is 6.42. The van der Waals surface area contributed by atoms with Crippen LogP contribution in [0.4, 0.5) is 8.78 Å². The van der Waals surface area contributed by atoms with Gasteiger partial charge in [-0.2, -0.15) is 0 Å². The summed E-state index contributed by atoms with van der Waals surface area (Å²) in [4.78, 5) is 14.8. The van der Waals surface area contributed by atoms with E-state index in [0.717, 1.165) is 0 Å². The Bertz CT molecular complexity index is 450. The summed E-state index contributed by atoms with van der Waals surface area (Å²) in [6.07, 6.45) is 3.22. The smallest absolute Gasteiger partial charge is 0.306 e. The monoisotopic (exact) mass is 269 g/mol. The Balaban J connectivity index is 2.21. The van der Waals surface area contributed by atoms with Crippen LogP contribution in [-0.2, 0) is 4.79 Å². The molecule has 0 aliphatic heterocycles. The van der Waals surface area contributed by atoms with Gasteiger partial charge in [-0.1, -0.05) is 6.92 Å². The Kier molecular flexibility index (Phi) is 3.83. The Hall–Kier alpha value is -1.52. The number of aliphatic carboxylic acids is 1. The van der Waals surface area contributed by atoms with Gasteiger partial charge in [0.2, 0.25) is 0 Å².